The minimum Gasteiger partial charge on any atom is -0.509 e. The fraction of sp³-hybridized carbons (Fsp3) is 0.250. The van der Waals surface area contributed by atoms with Crippen LogP contribution < -0.4 is 15.7 Å². The summed E-state index contributed by atoms with van der Waals surface area (Å²) in [6, 6.07) is 15.2. The lowest BCUT2D eigenvalue weighted by Gasteiger charge is -2.07. The van der Waals surface area contributed by atoms with Crippen LogP contribution in [0.5, 0.6) is 11.5 Å². The molecule has 2 aromatic carbocycles. The van der Waals surface area contributed by atoms with Crippen molar-refractivity contribution in [3.05, 3.63) is 48.5 Å². The second-order valence-electron chi connectivity index (χ2n) is 4.47. The van der Waals surface area contributed by atoms with Crippen LogP contribution in [0.15, 0.2) is 48.5 Å². The van der Waals surface area contributed by atoms with E-state index in [-0.39, 0.29) is 0 Å². The van der Waals surface area contributed by atoms with Gasteiger partial charge in [0.05, 0.1) is 6.61 Å². The van der Waals surface area contributed by atoms with Crippen molar-refractivity contribution in [1.29, 1.82) is 0 Å². The maximum atomic E-state index is 9.71. The van der Waals surface area contributed by atoms with Crippen LogP contribution in [0.3, 0.4) is 0 Å². The molecular weight excluding hydrogens is 235 g/mol. The van der Waals surface area contributed by atoms with E-state index in [0.717, 1.165) is 36.1 Å². The lowest BCUT2D eigenvalue weighted by Crippen LogP contribution is -2.26. The Morgan fingerprint density at radius 2 is 1.79 bits per heavy atom. The van der Waals surface area contributed by atoms with Crippen molar-refractivity contribution in [1.82, 2.24) is 0 Å². The summed E-state index contributed by atoms with van der Waals surface area (Å²) in [5, 5.41) is 9.71. The third kappa shape index (κ3) is 4.06. The van der Waals surface area contributed by atoms with Gasteiger partial charge in [-0.05, 0) is 30.1 Å². The van der Waals surface area contributed by atoms with Gasteiger partial charge in [0.15, 0.2) is 7.28 Å². The molecule has 0 saturated carbocycles. The van der Waals surface area contributed by atoms with Crippen LogP contribution in [0.4, 0.5) is 0 Å². The molecule has 0 spiro atoms. The van der Waals surface area contributed by atoms with Crippen LogP contribution in [0.1, 0.15) is 19.8 Å². The first-order valence-electron chi connectivity index (χ1n) is 6.65. The molecule has 3 heteroatoms. The normalized spacial score (nSPS) is 10.2. The zero-order valence-electron chi connectivity index (χ0n) is 11.2. The van der Waals surface area contributed by atoms with E-state index in [1.807, 2.05) is 49.7 Å². The zero-order chi connectivity index (χ0) is 13.5. The largest absolute Gasteiger partial charge is 0.509 e. The molecule has 0 saturated heterocycles. The molecule has 2 rings (SSSR count). The monoisotopic (exact) mass is 253 g/mol. The molecular formula is C16H18BO2. The second-order valence-corrected chi connectivity index (χ2v) is 4.47. The van der Waals surface area contributed by atoms with Crippen molar-refractivity contribution < 1.29 is 9.84 Å². The molecule has 0 aliphatic heterocycles. The smallest absolute Gasteiger partial charge is 0.196 e. The van der Waals surface area contributed by atoms with Crippen LogP contribution in [0.25, 0.3) is 0 Å². The van der Waals surface area contributed by atoms with Gasteiger partial charge in [0.25, 0.3) is 0 Å². The molecule has 1 radical (unpaired) electrons. The molecule has 2 nitrogen and oxygen atoms in total. The third-order valence-corrected chi connectivity index (χ3v) is 2.91. The molecule has 0 bridgehead atoms. The Bertz CT molecular complexity index is 508. The van der Waals surface area contributed by atoms with Crippen LogP contribution in [-0.4, -0.2) is 19.0 Å². The van der Waals surface area contributed by atoms with E-state index in [4.69, 9.17) is 4.74 Å². The van der Waals surface area contributed by atoms with Crippen LogP contribution >= 0.6 is 0 Å². The predicted octanol–water partition coefficient (Wildman–Crippen LogP) is 2.23. The molecule has 0 unspecified atom stereocenters. The number of aromatic hydroxyl groups is 1. The molecule has 0 amide bonds. The highest BCUT2D eigenvalue weighted by molar-refractivity contribution is 6.68. The van der Waals surface area contributed by atoms with Gasteiger partial charge in [-0.2, -0.15) is 0 Å². The highest BCUT2D eigenvalue weighted by atomic mass is 16.5. The number of phenols is 1. The van der Waals surface area contributed by atoms with Crippen molar-refractivity contribution in [2.24, 2.45) is 0 Å². The van der Waals surface area contributed by atoms with Gasteiger partial charge < -0.3 is 9.84 Å². The average molecular weight is 253 g/mol. The van der Waals surface area contributed by atoms with Gasteiger partial charge in [-0.25, -0.2) is 0 Å². The number of unbranched alkanes of at least 4 members (excludes halogenated alkanes) is 1. The van der Waals surface area contributed by atoms with Gasteiger partial charge in [-0.3, -0.25) is 0 Å². The highest BCUT2D eigenvalue weighted by Crippen LogP contribution is 2.08. The summed E-state index contributed by atoms with van der Waals surface area (Å²) in [5.74, 6) is 1.19. The van der Waals surface area contributed by atoms with Gasteiger partial charge in [0.1, 0.15) is 11.5 Å². The Kier molecular flexibility index (Phi) is 4.90. The number of hydrogen-bond donors (Lipinski definition) is 1. The number of phenolic OH excluding ortho intramolecular Hbond substituents is 1. The topological polar surface area (TPSA) is 29.5 Å². The first-order chi connectivity index (χ1) is 9.29. The lowest BCUT2D eigenvalue weighted by molar-refractivity contribution is 0.309. The minimum absolute atomic E-state index is 0.297. The summed E-state index contributed by atoms with van der Waals surface area (Å²) >= 11 is 0. The zero-order valence-corrected chi connectivity index (χ0v) is 11.2. The maximum absolute atomic E-state index is 9.71. The summed E-state index contributed by atoms with van der Waals surface area (Å²) in [7, 11) is 1.95. The van der Waals surface area contributed by atoms with E-state index in [9.17, 15) is 5.11 Å². The molecule has 0 heterocycles. The van der Waals surface area contributed by atoms with Crippen molar-refractivity contribution in [3.8, 4) is 11.5 Å². The van der Waals surface area contributed by atoms with Crippen LogP contribution in [0.2, 0.25) is 0 Å². The Labute approximate surface area is 115 Å². The van der Waals surface area contributed by atoms with Crippen LogP contribution in [0, 0.1) is 0 Å². The maximum Gasteiger partial charge on any atom is 0.196 e. The molecule has 0 aliphatic rings. The Morgan fingerprint density at radius 1 is 1.05 bits per heavy atom. The first-order valence-corrected chi connectivity index (χ1v) is 6.65. The molecule has 97 valence electrons. The first kappa shape index (κ1) is 13.5. The number of benzene rings is 2. The van der Waals surface area contributed by atoms with E-state index in [1.165, 1.54) is 0 Å². The van der Waals surface area contributed by atoms with Crippen molar-refractivity contribution in [3.63, 3.8) is 0 Å². The van der Waals surface area contributed by atoms with Crippen molar-refractivity contribution in [2.45, 2.75) is 19.8 Å². The second kappa shape index (κ2) is 6.88. The Hall–Kier alpha value is -1.90. The number of hydrogen-bond acceptors (Lipinski definition) is 2. The quantitative estimate of drug-likeness (QED) is 0.631. The molecule has 0 fully saturated rings. The fourth-order valence-electron chi connectivity index (χ4n) is 1.78. The van der Waals surface area contributed by atoms with E-state index in [1.54, 1.807) is 6.07 Å². The molecule has 0 aromatic heterocycles. The summed E-state index contributed by atoms with van der Waals surface area (Å²) in [5.41, 5.74) is 1.87. The lowest BCUT2D eigenvalue weighted by atomic mass is 9.64. The van der Waals surface area contributed by atoms with Crippen molar-refractivity contribution >= 4 is 18.2 Å². The Morgan fingerprint density at radius 3 is 2.47 bits per heavy atom. The predicted molar refractivity (Wildman–Crippen MR) is 80.0 cm³/mol. The molecule has 19 heavy (non-hydrogen) atoms. The average Bonchev–Trinajstić information content (AvgIpc) is 2.44. The van der Waals surface area contributed by atoms with E-state index < -0.39 is 0 Å². The molecule has 0 aliphatic carbocycles. The van der Waals surface area contributed by atoms with Gasteiger partial charge in [0, 0.05) is 0 Å². The SMILES string of the molecule is CCCCOc1ccc([B]c2ccccc2O)cc1. The summed E-state index contributed by atoms with van der Waals surface area (Å²) in [4.78, 5) is 0. The van der Waals surface area contributed by atoms with Gasteiger partial charge in [-0.15, -0.1) is 0 Å². The van der Waals surface area contributed by atoms with E-state index in [2.05, 4.69) is 6.92 Å². The standard InChI is InChI=1S/C16H18BO2/c1-2-3-12-19-14-10-8-13(9-11-14)17-15-6-4-5-7-16(15)18/h4-11,18H,2-3,12H2,1H3. The number of rotatable bonds is 6. The number of ether oxygens (including phenoxy) is 1. The van der Waals surface area contributed by atoms with E-state index in [0.29, 0.717) is 5.75 Å². The number of para-hydroxylation sites is 1. The minimum atomic E-state index is 0.297. The third-order valence-electron chi connectivity index (χ3n) is 2.91. The van der Waals surface area contributed by atoms with Gasteiger partial charge >= 0.3 is 0 Å². The summed E-state index contributed by atoms with van der Waals surface area (Å²) < 4.78 is 5.61. The molecule has 2 aromatic rings. The van der Waals surface area contributed by atoms with Gasteiger partial charge in [-0.1, -0.05) is 49.1 Å². The highest BCUT2D eigenvalue weighted by Gasteiger charge is 2.03. The fourth-order valence-corrected chi connectivity index (χ4v) is 1.78. The summed E-state index contributed by atoms with van der Waals surface area (Å²) in [6.45, 7) is 2.91. The van der Waals surface area contributed by atoms with Crippen LogP contribution in [-0.2, 0) is 0 Å². The Balaban J connectivity index is 1.97. The molecule has 1 N–H and O–H groups in total. The summed E-state index contributed by atoms with van der Waals surface area (Å²) in [6.07, 6.45) is 2.21. The van der Waals surface area contributed by atoms with Crippen molar-refractivity contribution in [2.75, 3.05) is 6.61 Å². The van der Waals surface area contributed by atoms with Gasteiger partial charge in [0.2, 0.25) is 0 Å². The molecule has 0 atom stereocenters. The van der Waals surface area contributed by atoms with E-state index >= 15 is 0 Å².